The number of rotatable bonds is 5. The van der Waals surface area contributed by atoms with Crippen LogP contribution in [0.4, 0.5) is 0 Å². The van der Waals surface area contributed by atoms with Crippen molar-refractivity contribution in [1.82, 2.24) is 25.0 Å². The summed E-state index contributed by atoms with van der Waals surface area (Å²) < 4.78 is 1.47. The first-order chi connectivity index (χ1) is 14.0. The van der Waals surface area contributed by atoms with Crippen LogP contribution in [-0.4, -0.2) is 61.8 Å². The highest BCUT2D eigenvalue weighted by atomic mass is 16.3. The number of carbonyl (C=O) groups is 2. The van der Waals surface area contributed by atoms with Crippen molar-refractivity contribution in [2.45, 2.75) is 44.4 Å². The standard InChI is InChI=1S/C20H22N6O3/c21-10-18-23-12-25(24-18)7-6-22-19(28)17-9-16(27)11-26(17)20(29)15-5-4-13-2-1-3-14(13)8-15/h4-5,8,12,16-17,27H,1-3,6-7,9,11H2,(H,22,28). The van der Waals surface area contributed by atoms with Crippen LogP contribution in [0.15, 0.2) is 24.5 Å². The number of nitrogens with one attached hydrogen (secondary N) is 1. The molecule has 1 aliphatic heterocycles. The van der Waals surface area contributed by atoms with Crippen molar-refractivity contribution in [3.05, 3.63) is 47.0 Å². The summed E-state index contributed by atoms with van der Waals surface area (Å²) in [5.41, 5.74) is 3.04. The number of hydrogen-bond acceptors (Lipinski definition) is 6. The molecular formula is C20H22N6O3. The molecule has 1 fully saturated rings. The molecule has 2 unspecified atom stereocenters. The molecule has 0 bridgehead atoms. The maximum Gasteiger partial charge on any atom is 0.254 e. The van der Waals surface area contributed by atoms with Gasteiger partial charge in [-0.25, -0.2) is 9.67 Å². The minimum Gasteiger partial charge on any atom is -0.391 e. The average Bonchev–Trinajstić information content (AvgIpc) is 3.45. The number of aryl methyl sites for hydroxylation is 2. The Balaban J connectivity index is 1.39. The van der Waals surface area contributed by atoms with Gasteiger partial charge in [0.05, 0.1) is 12.6 Å². The normalized spacial score (nSPS) is 20.3. The number of aromatic nitrogens is 3. The van der Waals surface area contributed by atoms with E-state index in [9.17, 15) is 14.7 Å². The molecule has 1 saturated heterocycles. The molecule has 2 heterocycles. The minimum absolute atomic E-state index is 0.0707. The van der Waals surface area contributed by atoms with E-state index in [1.165, 1.54) is 27.0 Å². The molecule has 1 aromatic carbocycles. The molecule has 2 atom stereocenters. The maximum atomic E-state index is 13.0. The highest BCUT2D eigenvalue weighted by Gasteiger charge is 2.39. The maximum absolute atomic E-state index is 13.0. The molecule has 2 amide bonds. The summed E-state index contributed by atoms with van der Waals surface area (Å²) in [5, 5.41) is 25.5. The number of hydrogen-bond donors (Lipinski definition) is 2. The second-order valence-electron chi connectivity index (χ2n) is 7.43. The van der Waals surface area contributed by atoms with Gasteiger partial charge in [0.1, 0.15) is 18.4 Å². The van der Waals surface area contributed by atoms with Crippen molar-refractivity contribution in [3.8, 4) is 6.07 Å². The van der Waals surface area contributed by atoms with Crippen molar-refractivity contribution in [2.75, 3.05) is 13.1 Å². The van der Waals surface area contributed by atoms with Crippen LogP contribution < -0.4 is 5.32 Å². The fraction of sp³-hybridized carbons (Fsp3) is 0.450. The molecule has 150 valence electrons. The first-order valence-corrected chi connectivity index (χ1v) is 9.73. The van der Waals surface area contributed by atoms with Crippen LogP contribution in [0.3, 0.4) is 0 Å². The Morgan fingerprint density at radius 3 is 2.93 bits per heavy atom. The van der Waals surface area contributed by atoms with Crippen LogP contribution in [0.5, 0.6) is 0 Å². The van der Waals surface area contributed by atoms with E-state index in [1.807, 2.05) is 24.3 Å². The number of aliphatic hydroxyl groups excluding tert-OH is 1. The molecule has 9 heteroatoms. The number of aliphatic hydroxyl groups is 1. The highest BCUT2D eigenvalue weighted by molar-refractivity contribution is 5.98. The van der Waals surface area contributed by atoms with E-state index in [1.54, 1.807) is 0 Å². The number of β-amino-alcohol motifs (C(OH)–C–C–N with tert-alkyl or cyclic N) is 1. The molecule has 0 radical (unpaired) electrons. The van der Waals surface area contributed by atoms with Gasteiger partial charge in [0.25, 0.3) is 11.7 Å². The van der Waals surface area contributed by atoms with Gasteiger partial charge in [-0.1, -0.05) is 6.07 Å². The van der Waals surface area contributed by atoms with E-state index in [-0.39, 0.29) is 37.1 Å². The first-order valence-electron chi connectivity index (χ1n) is 9.73. The summed E-state index contributed by atoms with van der Waals surface area (Å²) in [7, 11) is 0. The fourth-order valence-corrected chi connectivity index (χ4v) is 4.02. The van der Waals surface area contributed by atoms with Crippen LogP contribution in [0.2, 0.25) is 0 Å². The second-order valence-corrected chi connectivity index (χ2v) is 7.43. The molecule has 4 rings (SSSR count). The fourth-order valence-electron chi connectivity index (χ4n) is 4.02. The third-order valence-electron chi connectivity index (χ3n) is 5.46. The lowest BCUT2D eigenvalue weighted by atomic mass is 10.1. The number of nitrogens with zero attached hydrogens (tertiary/aromatic N) is 5. The molecule has 1 aliphatic carbocycles. The van der Waals surface area contributed by atoms with Crippen LogP contribution in [0, 0.1) is 11.3 Å². The lowest BCUT2D eigenvalue weighted by Crippen LogP contribution is -2.46. The molecule has 2 aromatic rings. The average molecular weight is 394 g/mol. The Labute approximate surface area is 168 Å². The molecule has 2 aliphatic rings. The predicted molar refractivity (Wildman–Crippen MR) is 102 cm³/mol. The van der Waals surface area contributed by atoms with E-state index < -0.39 is 12.1 Å². The Morgan fingerprint density at radius 2 is 2.14 bits per heavy atom. The quantitative estimate of drug-likeness (QED) is 0.737. The van der Waals surface area contributed by atoms with E-state index >= 15 is 0 Å². The summed E-state index contributed by atoms with van der Waals surface area (Å²) in [6, 6.07) is 6.85. The number of benzene rings is 1. The SMILES string of the molecule is N#Cc1ncn(CCNC(=O)C2CC(O)CN2C(=O)c2ccc3c(c2)CCC3)n1. The molecule has 1 aromatic heterocycles. The zero-order chi connectivity index (χ0) is 20.4. The van der Waals surface area contributed by atoms with Gasteiger partial charge in [-0.15, -0.1) is 5.10 Å². The van der Waals surface area contributed by atoms with Crippen molar-refractivity contribution in [1.29, 1.82) is 5.26 Å². The Kier molecular flexibility index (Phi) is 5.27. The zero-order valence-electron chi connectivity index (χ0n) is 15.9. The van der Waals surface area contributed by atoms with Gasteiger partial charge < -0.3 is 15.3 Å². The number of amides is 2. The van der Waals surface area contributed by atoms with Gasteiger partial charge in [0.2, 0.25) is 5.91 Å². The Bertz CT molecular complexity index is 979. The molecule has 29 heavy (non-hydrogen) atoms. The van der Waals surface area contributed by atoms with Gasteiger partial charge in [-0.05, 0) is 42.5 Å². The summed E-state index contributed by atoms with van der Waals surface area (Å²) in [6.07, 6.45) is 4.02. The molecule has 0 saturated carbocycles. The zero-order valence-corrected chi connectivity index (χ0v) is 15.9. The summed E-state index contributed by atoms with van der Waals surface area (Å²) >= 11 is 0. The Morgan fingerprint density at radius 1 is 1.31 bits per heavy atom. The number of carbonyl (C=O) groups excluding carboxylic acids is 2. The third kappa shape index (κ3) is 3.98. The Hall–Kier alpha value is -3.25. The first kappa shape index (κ1) is 19.1. The molecular weight excluding hydrogens is 372 g/mol. The summed E-state index contributed by atoms with van der Waals surface area (Å²) in [5.74, 6) is -0.468. The van der Waals surface area contributed by atoms with Crippen molar-refractivity contribution in [3.63, 3.8) is 0 Å². The highest BCUT2D eigenvalue weighted by Crippen LogP contribution is 2.26. The second kappa shape index (κ2) is 8.01. The molecule has 2 N–H and O–H groups in total. The molecule has 9 nitrogen and oxygen atoms in total. The van der Waals surface area contributed by atoms with Crippen LogP contribution in [0.25, 0.3) is 0 Å². The molecule has 0 spiro atoms. The van der Waals surface area contributed by atoms with Crippen LogP contribution >= 0.6 is 0 Å². The predicted octanol–water partition coefficient (Wildman–Crippen LogP) is 0.0303. The van der Waals surface area contributed by atoms with E-state index in [0.717, 1.165) is 19.3 Å². The van der Waals surface area contributed by atoms with Gasteiger partial charge in [-0.3, -0.25) is 9.59 Å². The smallest absolute Gasteiger partial charge is 0.254 e. The third-order valence-corrected chi connectivity index (χ3v) is 5.46. The number of likely N-dealkylation sites (tertiary alicyclic amines) is 1. The topological polar surface area (TPSA) is 124 Å². The lowest BCUT2D eigenvalue weighted by Gasteiger charge is -2.24. The van der Waals surface area contributed by atoms with Crippen LogP contribution in [0.1, 0.15) is 40.2 Å². The number of fused-ring (bicyclic) bond motifs is 1. The van der Waals surface area contributed by atoms with Gasteiger partial charge in [0, 0.05) is 25.1 Å². The van der Waals surface area contributed by atoms with Gasteiger partial charge in [-0.2, -0.15) is 5.26 Å². The van der Waals surface area contributed by atoms with Gasteiger partial charge in [0.15, 0.2) is 0 Å². The van der Waals surface area contributed by atoms with E-state index in [2.05, 4.69) is 15.4 Å². The van der Waals surface area contributed by atoms with Crippen molar-refractivity contribution in [2.24, 2.45) is 0 Å². The summed E-state index contributed by atoms with van der Waals surface area (Å²) in [6.45, 7) is 0.775. The van der Waals surface area contributed by atoms with Crippen LogP contribution in [-0.2, 0) is 24.2 Å². The van der Waals surface area contributed by atoms with Crippen molar-refractivity contribution >= 4 is 11.8 Å². The minimum atomic E-state index is -0.724. The monoisotopic (exact) mass is 394 g/mol. The lowest BCUT2D eigenvalue weighted by molar-refractivity contribution is -0.124. The number of nitriles is 1. The summed E-state index contributed by atoms with van der Waals surface area (Å²) in [4.78, 5) is 30.9. The largest absolute Gasteiger partial charge is 0.391 e. The van der Waals surface area contributed by atoms with Gasteiger partial charge >= 0.3 is 0 Å². The van der Waals surface area contributed by atoms with Crippen molar-refractivity contribution < 1.29 is 14.7 Å². The van der Waals surface area contributed by atoms with E-state index in [0.29, 0.717) is 12.1 Å². The van der Waals surface area contributed by atoms with E-state index in [4.69, 9.17) is 5.26 Å².